The average molecular weight is 425 g/mol. The third-order valence-corrected chi connectivity index (χ3v) is 5.79. The number of amides is 1. The standard InChI is InChI=1S/C21H21ClN6O2/c1-12-18(25-11-24-12)9-28-4-5-30-10-19(28)21(29)27-16-7-13(22)6-15-14-2-3-23-8-17(14)26-20(15)16/h2-3,6-8,11,19,26H,4-5,9-10H2,1H3,(H,24,25)(H,27,29)/t19-/m0/s1. The number of nitrogens with zero attached hydrogens (tertiary/aromatic N) is 3. The van der Waals surface area contributed by atoms with E-state index in [9.17, 15) is 4.79 Å². The molecule has 154 valence electrons. The number of imidazole rings is 1. The molecule has 30 heavy (non-hydrogen) atoms. The lowest BCUT2D eigenvalue weighted by molar-refractivity contribution is -0.127. The normalized spacial score (nSPS) is 17.6. The number of H-pyrrole nitrogens is 2. The number of hydrogen-bond acceptors (Lipinski definition) is 5. The van der Waals surface area contributed by atoms with Crippen molar-refractivity contribution in [1.82, 2.24) is 24.8 Å². The number of ether oxygens (including phenoxy) is 1. The first-order chi connectivity index (χ1) is 14.6. The van der Waals surface area contributed by atoms with Gasteiger partial charge < -0.3 is 20.0 Å². The van der Waals surface area contributed by atoms with E-state index in [1.807, 2.05) is 19.1 Å². The van der Waals surface area contributed by atoms with E-state index in [2.05, 4.69) is 30.2 Å². The van der Waals surface area contributed by atoms with Crippen LogP contribution in [0.15, 0.2) is 36.9 Å². The minimum atomic E-state index is -0.415. The Hall–Kier alpha value is -2.94. The Morgan fingerprint density at radius 3 is 3.13 bits per heavy atom. The summed E-state index contributed by atoms with van der Waals surface area (Å²) in [5.74, 6) is -0.132. The molecule has 1 fully saturated rings. The zero-order chi connectivity index (χ0) is 20.7. The Balaban J connectivity index is 1.45. The van der Waals surface area contributed by atoms with Gasteiger partial charge in [-0.05, 0) is 25.1 Å². The Labute approximate surface area is 177 Å². The van der Waals surface area contributed by atoms with E-state index in [-0.39, 0.29) is 5.91 Å². The van der Waals surface area contributed by atoms with Gasteiger partial charge in [0, 0.05) is 35.1 Å². The molecule has 4 heterocycles. The van der Waals surface area contributed by atoms with Crippen LogP contribution in [0.3, 0.4) is 0 Å². The van der Waals surface area contributed by atoms with Gasteiger partial charge in [-0.3, -0.25) is 14.7 Å². The number of halogens is 1. The number of pyridine rings is 1. The van der Waals surface area contributed by atoms with Crippen LogP contribution in [0.4, 0.5) is 5.69 Å². The third-order valence-electron chi connectivity index (χ3n) is 5.57. The quantitative estimate of drug-likeness (QED) is 0.467. The van der Waals surface area contributed by atoms with Crippen LogP contribution in [0.1, 0.15) is 11.4 Å². The molecule has 5 rings (SSSR count). The highest BCUT2D eigenvalue weighted by atomic mass is 35.5. The highest BCUT2D eigenvalue weighted by Crippen LogP contribution is 2.33. The molecule has 0 unspecified atom stereocenters. The second-order valence-electron chi connectivity index (χ2n) is 7.44. The summed E-state index contributed by atoms with van der Waals surface area (Å²) in [6, 6.07) is 5.17. The van der Waals surface area contributed by atoms with Crippen molar-refractivity contribution in [2.75, 3.05) is 25.1 Å². The van der Waals surface area contributed by atoms with Gasteiger partial charge in [-0.1, -0.05) is 11.6 Å². The number of rotatable bonds is 4. The summed E-state index contributed by atoms with van der Waals surface area (Å²) in [4.78, 5) is 30.2. The molecule has 0 saturated carbocycles. The number of anilines is 1. The fourth-order valence-corrected chi connectivity index (χ4v) is 4.17. The summed E-state index contributed by atoms with van der Waals surface area (Å²) < 4.78 is 5.61. The second-order valence-corrected chi connectivity index (χ2v) is 7.88. The molecule has 0 radical (unpaired) electrons. The van der Waals surface area contributed by atoms with E-state index < -0.39 is 6.04 Å². The van der Waals surface area contributed by atoms with Gasteiger partial charge in [-0.25, -0.2) is 4.98 Å². The van der Waals surface area contributed by atoms with E-state index in [4.69, 9.17) is 16.3 Å². The monoisotopic (exact) mass is 424 g/mol. The largest absolute Gasteiger partial charge is 0.378 e. The summed E-state index contributed by atoms with van der Waals surface area (Å²) in [7, 11) is 0. The van der Waals surface area contributed by atoms with Gasteiger partial charge in [0.2, 0.25) is 5.91 Å². The number of aryl methyl sites for hydroxylation is 1. The number of aromatic nitrogens is 4. The molecule has 0 bridgehead atoms. The molecule has 4 aromatic rings. The molecule has 9 heteroatoms. The number of hydrogen-bond donors (Lipinski definition) is 3. The fraction of sp³-hybridized carbons (Fsp3) is 0.286. The van der Waals surface area contributed by atoms with Crippen LogP contribution in [0.25, 0.3) is 21.8 Å². The minimum absolute atomic E-state index is 0.132. The van der Waals surface area contributed by atoms with Crippen molar-refractivity contribution >= 4 is 45.0 Å². The van der Waals surface area contributed by atoms with Crippen molar-refractivity contribution in [2.24, 2.45) is 0 Å². The lowest BCUT2D eigenvalue weighted by Gasteiger charge is -2.34. The van der Waals surface area contributed by atoms with Crippen LogP contribution in [0.5, 0.6) is 0 Å². The maximum atomic E-state index is 13.2. The summed E-state index contributed by atoms with van der Waals surface area (Å²) in [6.07, 6.45) is 5.18. The molecule has 1 saturated heterocycles. The van der Waals surface area contributed by atoms with E-state index in [0.717, 1.165) is 33.2 Å². The third kappa shape index (κ3) is 3.43. The molecule has 1 amide bonds. The number of carbonyl (C=O) groups excluding carboxylic acids is 1. The van der Waals surface area contributed by atoms with Crippen LogP contribution in [-0.4, -0.2) is 56.5 Å². The summed E-state index contributed by atoms with van der Waals surface area (Å²) in [6.45, 7) is 4.15. The molecule has 3 N–H and O–H groups in total. The predicted molar refractivity (Wildman–Crippen MR) is 116 cm³/mol. The lowest BCUT2D eigenvalue weighted by atomic mass is 10.1. The van der Waals surface area contributed by atoms with Crippen molar-refractivity contribution in [1.29, 1.82) is 0 Å². The number of nitrogens with one attached hydrogen (secondary N) is 3. The van der Waals surface area contributed by atoms with E-state index in [0.29, 0.717) is 37.0 Å². The Bertz CT molecular complexity index is 1230. The first-order valence-electron chi connectivity index (χ1n) is 9.76. The molecule has 1 aliphatic heterocycles. The van der Waals surface area contributed by atoms with Gasteiger partial charge in [-0.15, -0.1) is 0 Å². The molecular formula is C21H21ClN6O2. The number of benzene rings is 1. The van der Waals surface area contributed by atoms with E-state index in [1.54, 1.807) is 24.8 Å². The number of morpholine rings is 1. The Kier molecular flexibility index (Phi) is 4.90. The Morgan fingerprint density at radius 2 is 2.30 bits per heavy atom. The maximum absolute atomic E-state index is 13.2. The van der Waals surface area contributed by atoms with Gasteiger partial charge in [-0.2, -0.15) is 0 Å². The molecule has 8 nitrogen and oxygen atoms in total. The topological polar surface area (TPSA) is 98.9 Å². The summed E-state index contributed by atoms with van der Waals surface area (Å²) in [5, 5.41) is 5.57. The van der Waals surface area contributed by atoms with Gasteiger partial charge in [0.05, 0.1) is 53.8 Å². The molecule has 1 atom stereocenters. The van der Waals surface area contributed by atoms with Crippen molar-refractivity contribution < 1.29 is 9.53 Å². The van der Waals surface area contributed by atoms with Crippen LogP contribution in [0.2, 0.25) is 5.02 Å². The SMILES string of the molecule is Cc1nc[nH]c1CN1CCOC[C@H]1C(=O)Nc1cc(Cl)cc2c1[nH]c1cnccc12. The molecule has 1 aliphatic rings. The zero-order valence-corrected chi connectivity index (χ0v) is 17.2. The van der Waals surface area contributed by atoms with Crippen molar-refractivity contribution in [3.05, 3.63) is 53.3 Å². The highest BCUT2D eigenvalue weighted by Gasteiger charge is 2.30. The van der Waals surface area contributed by atoms with Crippen molar-refractivity contribution in [3.63, 3.8) is 0 Å². The molecule has 0 spiro atoms. The van der Waals surface area contributed by atoms with E-state index >= 15 is 0 Å². The van der Waals surface area contributed by atoms with Gasteiger partial charge in [0.25, 0.3) is 0 Å². The predicted octanol–water partition coefficient (Wildman–Crippen LogP) is 3.24. The van der Waals surface area contributed by atoms with Crippen LogP contribution >= 0.6 is 11.6 Å². The van der Waals surface area contributed by atoms with Crippen molar-refractivity contribution in [3.8, 4) is 0 Å². The van der Waals surface area contributed by atoms with Crippen LogP contribution < -0.4 is 5.32 Å². The smallest absolute Gasteiger partial charge is 0.244 e. The van der Waals surface area contributed by atoms with Gasteiger partial charge in [0.15, 0.2) is 0 Å². The maximum Gasteiger partial charge on any atom is 0.244 e. The number of fused-ring (bicyclic) bond motifs is 3. The molecule has 3 aromatic heterocycles. The fourth-order valence-electron chi connectivity index (χ4n) is 3.95. The highest BCUT2D eigenvalue weighted by molar-refractivity contribution is 6.33. The van der Waals surface area contributed by atoms with Gasteiger partial charge >= 0.3 is 0 Å². The Morgan fingerprint density at radius 1 is 1.40 bits per heavy atom. The average Bonchev–Trinajstić information content (AvgIpc) is 3.32. The van der Waals surface area contributed by atoms with Crippen molar-refractivity contribution in [2.45, 2.75) is 19.5 Å². The summed E-state index contributed by atoms with van der Waals surface area (Å²) >= 11 is 6.36. The zero-order valence-electron chi connectivity index (χ0n) is 16.4. The minimum Gasteiger partial charge on any atom is -0.378 e. The second kappa shape index (κ2) is 7.71. The molecular weight excluding hydrogens is 404 g/mol. The summed E-state index contributed by atoms with van der Waals surface area (Å²) in [5.41, 5.74) is 4.29. The number of aromatic amines is 2. The van der Waals surface area contributed by atoms with Gasteiger partial charge in [0.1, 0.15) is 6.04 Å². The molecule has 0 aliphatic carbocycles. The first kappa shape index (κ1) is 19.0. The van der Waals surface area contributed by atoms with Crippen LogP contribution in [-0.2, 0) is 16.1 Å². The first-order valence-corrected chi connectivity index (χ1v) is 10.1. The lowest BCUT2D eigenvalue weighted by Crippen LogP contribution is -2.51. The number of carbonyl (C=O) groups is 1. The molecule has 1 aromatic carbocycles. The van der Waals surface area contributed by atoms with Crippen LogP contribution in [0, 0.1) is 6.92 Å². The van der Waals surface area contributed by atoms with E-state index in [1.165, 1.54) is 0 Å².